The van der Waals surface area contributed by atoms with Crippen LogP contribution in [0, 0.1) is 5.41 Å². The third-order valence-corrected chi connectivity index (χ3v) is 4.30. The lowest BCUT2D eigenvalue weighted by atomic mass is 9.87. The lowest BCUT2D eigenvalue weighted by Gasteiger charge is -2.37. The minimum absolute atomic E-state index is 0.219. The average molecular weight is 314 g/mol. The predicted molar refractivity (Wildman–Crippen MR) is 82.1 cm³/mol. The Morgan fingerprint density at radius 3 is 2.17 bits per heavy atom. The Bertz CT molecular complexity index is 409. The molecule has 0 bridgehead atoms. The van der Waals surface area contributed by atoms with Crippen molar-refractivity contribution in [1.82, 2.24) is 0 Å². The van der Waals surface area contributed by atoms with Gasteiger partial charge in [0.05, 0.1) is 11.8 Å². The van der Waals surface area contributed by atoms with Crippen LogP contribution >= 0.6 is 15.9 Å². The summed E-state index contributed by atoms with van der Waals surface area (Å²) in [6, 6.07) is 6.46. The van der Waals surface area contributed by atoms with Gasteiger partial charge < -0.3 is 10.0 Å². The Kier molecular flexibility index (Phi) is 4.84. The van der Waals surface area contributed by atoms with E-state index < -0.39 is 6.10 Å². The molecule has 1 unspecified atom stereocenters. The highest BCUT2D eigenvalue weighted by Gasteiger charge is 2.25. The second-order valence-corrected chi connectivity index (χ2v) is 6.89. The topological polar surface area (TPSA) is 23.5 Å². The molecule has 0 aliphatic carbocycles. The maximum Gasteiger partial charge on any atom is 0.0762 e. The van der Waals surface area contributed by atoms with Crippen LogP contribution in [0.3, 0.4) is 0 Å². The Labute approximate surface area is 119 Å². The van der Waals surface area contributed by atoms with Crippen molar-refractivity contribution >= 4 is 21.6 Å². The van der Waals surface area contributed by atoms with Gasteiger partial charge in [-0.3, -0.25) is 0 Å². The van der Waals surface area contributed by atoms with Crippen molar-refractivity contribution in [2.45, 2.75) is 46.8 Å². The van der Waals surface area contributed by atoms with Crippen LogP contribution in [-0.2, 0) is 0 Å². The molecular weight excluding hydrogens is 290 g/mol. The van der Waals surface area contributed by atoms with Gasteiger partial charge in [0.15, 0.2) is 0 Å². The fourth-order valence-corrected chi connectivity index (χ4v) is 2.53. The fourth-order valence-electron chi connectivity index (χ4n) is 1.86. The maximum atomic E-state index is 9.58. The number of aliphatic hydroxyl groups excluding tert-OH is 1. The van der Waals surface area contributed by atoms with Crippen molar-refractivity contribution < 1.29 is 5.11 Å². The highest BCUT2D eigenvalue weighted by atomic mass is 79.9. The van der Waals surface area contributed by atoms with Crippen LogP contribution < -0.4 is 4.90 Å². The van der Waals surface area contributed by atoms with E-state index in [9.17, 15) is 5.11 Å². The second kappa shape index (κ2) is 5.62. The normalized spacial score (nSPS) is 15.3. The van der Waals surface area contributed by atoms with E-state index in [4.69, 9.17) is 0 Å². The van der Waals surface area contributed by atoms with Gasteiger partial charge in [0.1, 0.15) is 0 Å². The zero-order chi connectivity index (χ0) is 14.1. The summed E-state index contributed by atoms with van der Waals surface area (Å²) < 4.78 is 1.03. The summed E-state index contributed by atoms with van der Waals surface area (Å²) in [7, 11) is 2.11. The van der Waals surface area contributed by atoms with Crippen molar-refractivity contribution in [3.63, 3.8) is 0 Å². The first-order valence-corrected chi connectivity index (χ1v) is 7.14. The minimum atomic E-state index is -0.430. The number of anilines is 1. The molecule has 0 aliphatic heterocycles. The standard InChI is InChI=1S/C15H24BrNO/c1-10(18)12-7-8-14(13(16)9-12)17(6)11(2)15(3,4)5/h7-11,18H,1-6H3/t10-,11?/m1/s1. The zero-order valence-electron chi connectivity index (χ0n) is 12.2. The molecule has 0 saturated carbocycles. The number of nitrogens with zero attached hydrogens (tertiary/aromatic N) is 1. The summed E-state index contributed by atoms with van der Waals surface area (Å²) in [5.41, 5.74) is 2.31. The molecular formula is C15H24BrNO. The van der Waals surface area contributed by atoms with E-state index in [2.05, 4.69) is 61.6 Å². The highest BCUT2D eigenvalue weighted by molar-refractivity contribution is 9.10. The van der Waals surface area contributed by atoms with E-state index in [0.717, 1.165) is 15.7 Å². The number of halogens is 1. The molecule has 18 heavy (non-hydrogen) atoms. The van der Waals surface area contributed by atoms with E-state index in [-0.39, 0.29) is 5.41 Å². The predicted octanol–water partition coefficient (Wildman–Crippen LogP) is 4.37. The lowest BCUT2D eigenvalue weighted by Crippen LogP contribution is -2.39. The summed E-state index contributed by atoms with van der Waals surface area (Å²) in [6.07, 6.45) is -0.430. The molecule has 2 nitrogen and oxygen atoms in total. The Morgan fingerprint density at radius 2 is 1.78 bits per heavy atom. The summed E-state index contributed by atoms with van der Waals surface area (Å²) >= 11 is 3.60. The molecule has 0 aromatic heterocycles. The minimum Gasteiger partial charge on any atom is -0.389 e. The van der Waals surface area contributed by atoms with Crippen LogP contribution in [0.5, 0.6) is 0 Å². The zero-order valence-corrected chi connectivity index (χ0v) is 13.7. The third-order valence-electron chi connectivity index (χ3n) is 3.67. The SMILES string of the molecule is CC(N(C)c1ccc([C@@H](C)O)cc1Br)C(C)(C)C. The maximum absolute atomic E-state index is 9.58. The second-order valence-electron chi connectivity index (χ2n) is 6.04. The van der Waals surface area contributed by atoms with Gasteiger partial charge in [-0.2, -0.15) is 0 Å². The molecule has 0 amide bonds. The number of hydrogen-bond acceptors (Lipinski definition) is 2. The lowest BCUT2D eigenvalue weighted by molar-refractivity contribution is 0.199. The van der Waals surface area contributed by atoms with Crippen LogP contribution in [0.4, 0.5) is 5.69 Å². The molecule has 1 rings (SSSR count). The van der Waals surface area contributed by atoms with Gasteiger partial charge in [0.2, 0.25) is 0 Å². The summed E-state index contributed by atoms with van der Waals surface area (Å²) in [5.74, 6) is 0. The summed E-state index contributed by atoms with van der Waals surface area (Å²) in [4.78, 5) is 2.27. The van der Waals surface area contributed by atoms with Crippen LogP contribution in [0.2, 0.25) is 0 Å². The Balaban J connectivity index is 3.04. The monoisotopic (exact) mass is 313 g/mol. The highest BCUT2D eigenvalue weighted by Crippen LogP contribution is 2.33. The van der Waals surface area contributed by atoms with Gasteiger partial charge in [-0.1, -0.05) is 26.8 Å². The van der Waals surface area contributed by atoms with Gasteiger partial charge in [0, 0.05) is 17.6 Å². The molecule has 1 aromatic carbocycles. The number of rotatable bonds is 3. The van der Waals surface area contributed by atoms with Gasteiger partial charge >= 0.3 is 0 Å². The van der Waals surface area contributed by atoms with Crippen molar-refractivity contribution in [2.75, 3.05) is 11.9 Å². The van der Waals surface area contributed by atoms with Crippen LogP contribution in [-0.4, -0.2) is 18.2 Å². The molecule has 3 heteroatoms. The van der Waals surface area contributed by atoms with Gasteiger partial charge in [-0.05, 0) is 52.9 Å². The van der Waals surface area contributed by atoms with Gasteiger partial charge in [-0.15, -0.1) is 0 Å². The number of hydrogen-bond donors (Lipinski definition) is 1. The van der Waals surface area contributed by atoms with Crippen molar-refractivity contribution in [3.8, 4) is 0 Å². The van der Waals surface area contributed by atoms with E-state index in [1.165, 1.54) is 0 Å². The molecule has 1 N–H and O–H groups in total. The average Bonchev–Trinajstić information content (AvgIpc) is 2.25. The number of benzene rings is 1. The molecule has 1 aromatic rings. The molecule has 0 fully saturated rings. The first kappa shape index (κ1) is 15.5. The van der Waals surface area contributed by atoms with Crippen molar-refractivity contribution in [2.24, 2.45) is 5.41 Å². The molecule has 0 saturated heterocycles. The Morgan fingerprint density at radius 1 is 1.22 bits per heavy atom. The van der Waals surface area contributed by atoms with E-state index in [1.54, 1.807) is 6.92 Å². The molecule has 0 spiro atoms. The van der Waals surface area contributed by atoms with Crippen LogP contribution in [0.25, 0.3) is 0 Å². The van der Waals surface area contributed by atoms with E-state index >= 15 is 0 Å². The van der Waals surface area contributed by atoms with E-state index in [1.807, 2.05) is 12.1 Å². The quantitative estimate of drug-likeness (QED) is 0.895. The molecule has 0 heterocycles. The largest absolute Gasteiger partial charge is 0.389 e. The first-order valence-electron chi connectivity index (χ1n) is 6.35. The van der Waals surface area contributed by atoms with Crippen LogP contribution in [0.15, 0.2) is 22.7 Å². The number of aliphatic hydroxyl groups is 1. The van der Waals surface area contributed by atoms with Crippen molar-refractivity contribution in [1.29, 1.82) is 0 Å². The first-order chi connectivity index (χ1) is 8.14. The van der Waals surface area contributed by atoms with Crippen LogP contribution in [0.1, 0.15) is 46.3 Å². The molecule has 0 aliphatic rings. The van der Waals surface area contributed by atoms with E-state index in [0.29, 0.717) is 6.04 Å². The summed E-state index contributed by atoms with van der Waals surface area (Å²) in [5, 5.41) is 9.58. The fraction of sp³-hybridized carbons (Fsp3) is 0.600. The van der Waals surface area contributed by atoms with Crippen molar-refractivity contribution in [3.05, 3.63) is 28.2 Å². The Hall–Kier alpha value is -0.540. The smallest absolute Gasteiger partial charge is 0.0762 e. The molecule has 2 atom stereocenters. The molecule has 102 valence electrons. The molecule has 0 radical (unpaired) electrons. The van der Waals surface area contributed by atoms with Gasteiger partial charge in [0.25, 0.3) is 0 Å². The summed E-state index contributed by atoms with van der Waals surface area (Å²) in [6.45, 7) is 10.7. The van der Waals surface area contributed by atoms with Gasteiger partial charge in [-0.25, -0.2) is 0 Å². The third kappa shape index (κ3) is 3.48.